The summed E-state index contributed by atoms with van der Waals surface area (Å²) >= 11 is 0. The Morgan fingerprint density at radius 2 is 1.15 bits per heavy atom. The van der Waals surface area contributed by atoms with Gasteiger partial charge in [0.25, 0.3) is 0 Å². The van der Waals surface area contributed by atoms with E-state index in [2.05, 4.69) is 70.8 Å². The smallest absolute Gasteiger partial charge is 0.308 e. The van der Waals surface area contributed by atoms with Gasteiger partial charge in [-0.25, -0.2) is 0 Å². The zero-order valence-corrected chi connectivity index (χ0v) is 34.9. The van der Waals surface area contributed by atoms with E-state index < -0.39 is 17.8 Å². The molecular formula is C48H58N8O5. The summed E-state index contributed by atoms with van der Waals surface area (Å²) in [6.45, 7) is 4.97. The molecule has 2 heterocycles. The lowest BCUT2D eigenvalue weighted by Gasteiger charge is -2.14. The number of anilines is 2. The Bertz CT molecular complexity index is 2170. The SMILES string of the molecule is CCCCc1cccc(/C(=C/C(=N)N)Nc2ccccc2)c1.CCCCc1cccc(/C(=C/C(=N)NC(=O)[C@H]2CNC(=O)C2)Nc2ccccc2)c1.O=C1C[C@@H](C(=O)O)CN1. The predicted octanol–water partition coefficient (Wildman–Crippen LogP) is 7.34. The van der Waals surface area contributed by atoms with Crippen LogP contribution in [0.4, 0.5) is 11.4 Å². The van der Waals surface area contributed by atoms with E-state index >= 15 is 0 Å². The molecule has 13 heteroatoms. The van der Waals surface area contributed by atoms with Gasteiger partial charge in [0.2, 0.25) is 17.7 Å². The number of hydrogen-bond acceptors (Lipinski definition) is 8. The molecule has 0 bridgehead atoms. The van der Waals surface area contributed by atoms with E-state index in [1.54, 1.807) is 12.2 Å². The third-order valence-corrected chi connectivity index (χ3v) is 9.74. The molecule has 2 atom stereocenters. The number of rotatable bonds is 16. The Labute approximate surface area is 358 Å². The fourth-order valence-corrected chi connectivity index (χ4v) is 6.43. The van der Waals surface area contributed by atoms with Crippen molar-refractivity contribution < 1.29 is 24.3 Å². The lowest BCUT2D eigenvalue weighted by Crippen LogP contribution is -2.35. The second-order valence-corrected chi connectivity index (χ2v) is 14.8. The number of carbonyl (C=O) groups is 4. The van der Waals surface area contributed by atoms with Crippen LogP contribution in [0.25, 0.3) is 11.4 Å². The highest BCUT2D eigenvalue weighted by molar-refractivity contribution is 6.08. The summed E-state index contributed by atoms with van der Waals surface area (Å²) in [4.78, 5) is 44.2. The molecule has 0 radical (unpaired) electrons. The average Bonchev–Trinajstić information content (AvgIpc) is 3.91. The molecule has 2 aliphatic heterocycles. The van der Waals surface area contributed by atoms with E-state index in [0.717, 1.165) is 59.6 Å². The van der Waals surface area contributed by atoms with Crippen molar-refractivity contribution in [1.29, 1.82) is 10.8 Å². The number of hydrogen-bond donors (Lipinski definition) is 9. The van der Waals surface area contributed by atoms with Gasteiger partial charge >= 0.3 is 5.97 Å². The van der Waals surface area contributed by atoms with Gasteiger partial charge < -0.3 is 37.4 Å². The van der Waals surface area contributed by atoms with E-state index in [9.17, 15) is 19.2 Å². The van der Waals surface area contributed by atoms with E-state index in [1.807, 2.05) is 78.9 Å². The van der Waals surface area contributed by atoms with Crippen molar-refractivity contribution >= 4 is 58.1 Å². The van der Waals surface area contributed by atoms with Crippen LogP contribution in [0.2, 0.25) is 0 Å². The third-order valence-electron chi connectivity index (χ3n) is 9.74. The molecule has 320 valence electrons. The van der Waals surface area contributed by atoms with Gasteiger partial charge in [-0.3, -0.25) is 30.0 Å². The summed E-state index contributed by atoms with van der Waals surface area (Å²) in [6.07, 6.45) is 10.3. The zero-order valence-electron chi connectivity index (χ0n) is 34.9. The number of unbranched alkanes of at least 4 members (excludes halogenated alkanes) is 2. The number of carboxylic acids is 1. The zero-order chi connectivity index (χ0) is 44.0. The van der Waals surface area contributed by atoms with Crippen LogP contribution in [-0.2, 0) is 32.0 Å². The fourth-order valence-electron chi connectivity index (χ4n) is 6.43. The third kappa shape index (κ3) is 16.6. The molecule has 0 spiro atoms. The number of benzene rings is 4. The predicted molar refractivity (Wildman–Crippen MR) is 244 cm³/mol. The number of amides is 3. The number of nitrogens with two attached hydrogens (primary N) is 1. The summed E-state index contributed by atoms with van der Waals surface area (Å²) in [5.41, 5.74) is 13.6. The molecule has 0 unspecified atom stereocenters. The van der Waals surface area contributed by atoms with Crippen molar-refractivity contribution in [2.75, 3.05) is 23.7 Å². The molecule has 2 fully saturated rings. The Balaban J connectivity index is 0.000000230. The second kappa shape index (κ2) is 24.8. The van der Waals surface area contributed by atoms with Gasteiger partial charge in [-0.2, -0.15) is 0 Å². The molecule has 6 rings (SSSR count). The summed E-state index contributed by atoms with van der Waals surface area (Å²) in [5.74, 6) is -2.42. The number of amidine groups is 2. The van der Waals surface area contributed by atoms with Crippen molar-refractivity contribution in [2.45, 2.75) is 65.2 Å². The standard InChI is InChI=1S/C24H28N4O2.C19H23N3.C5H7NO3/c1-2-3-8-17-9-7-10-18(13-17)21(27-20-11-5-4-6-12-20)15-22(25)28-24(30)19-14-23(29)26-16-19;1-2-3-8-15-9-7-10-16(13-15)18(14-19(20)21)22-17-11-5-4-6-12-17;7-4-1-3(2-6-4)5(8)9/h4-7,9-13,15,19,27H,2-3,8,14,16H2,1H3,(H,26,29)(H2,25,28,30);4-7,9-14,22H,2-3,8H2,1H3,(H3,20,21);3H,1-2H2,(H,6,7)(H,8,9)/b21-15-;18-14-;/t19-;;3-/m1.1/s1. The average molecular weight is 827 g/mol. The number of aliphatic carboxylic acids is 1. The first kappa shape index (κ1) is 46.7. The van der Waals surface area contributed by atoms with Gasteiger partial charge in [0.15, 0.2) is 0 Å². The summed E-state index contributed by atoms with van der Waals surface area (Å²) < 4.78 is 0. The molecule has 4 aromatic carbocycles. The van der Waals surface area contributed by atoms with Crippen LogP contribution in [0.3, 0.4) is 0 Å². The maximum Gasteiger partial charge on any atom is 0.308 e. The number of nitrogens with one attached hydrogen (secondary N) is 7. The second-order valence-electron chi connectivity index (χ2n) is 14.8. The molecule has 2 saturated heterocycles. The molecule has 61 heavy (non-hydrogen) atoms. The first-order valence-corrected chi connectivity index (χ1v) is 20.7. The molecule has 2 aliphatic rings. The van der Waals surface area contributed by atoms with Gasteiger partial charge in [0, 0.05) is 60.9 Å². The van der Waals surface area contributed by atoms with Gasteiger partial charge in [-0.1, -0.05) is 99.5 Å². The van der Waals surface area contributed by atoms with Crippen LogP contribution in [0.15, 0.2) is 121 Å². The first-order valence-electron chi connectivity index (χ1n) is 20.7. The van der Waals surface area contributed by atoms with Crippen molar-refractivity contribution in [3.8, 4) is 0 Å². The molecular weight excluding hydrogens is 769 g/mol. The first-order chi connectivity index (χ1) is 29.4. The summed E-state index contributed by atoms with van der Waals surface area (Å²) in [7, 11) is 0. The fraction of sp³-hybridized carbons (Fsp3) is 0.292. The summed E-state index contributed by atoms with van der Waals surface area (Å²) in [6, 6.07) is 36.3. The Kier molecular flexibility index (Phi) is 19.0. The number of para-hydroxylation sites is 2. The highest BCUT2D eigenvalue weighted by Gasteiger charge is 2.28. The topological polar surface area (TPSA) is 222 Å². The molecule has 10 N–H and O–H groups in total. The van der Waals surface area contributed by atoms with E-state index in [-0.39, 0.29) is 48.8 Å². The van der Waals surface area contributed by atoms with Gasteiger partial charge in [-0.05, 0) is 84.3 Å². The molecule has 0 aromatic heterocycles. The largest absolute Gasteiger partial charge is 0.481 e. The van der Waals surface area contributed by atoms with Crippen LogP contribution in [0, 0.1) is 22.7 Å². The minimum Gasteiger partial charge on any atom is -0.481 e. The van der Waals surface area contributed by atoms with Crippen molar-refractivity contribution in [2.24, 2.45) is 17.6 Å². The van der Waals surface area contributed by atoms with E-state index in [1.165, 1.54) is 24.0 Å². The van der Waals surface area contributed by atoms with Crippen LogP contribution in [0.1, 0.15) is 74.6 Å². The number of carboxylic acid groups (broad SMARTS) is 1. The van der Waals surface area contributed by atoms with Gasteiger partial charge in [0.05, 0.1) is 11.8 Å². The van der Waals surface area contributed by atoms with Crippen LogP contribution in [0.5, 0.6) is 0 Å². The van der Waals surface area contributed by atoms with Crippen LogP contribution < -0.4 is 32.3 Å². The lowest BCUT2D eigenvalue weighted by atomic mass is 10.0. The number of carbonyl (C=O) groups excluding carboxylic acids is 3. The minimum absolute atomic E-state index is 0.0169. The maximum absolute atomic E-state index is 12.4. The van der Waals surface area contributed by atoms with Crippen molar-refractivity contribution in [1.82, 2.24) is 16.0 Å². The highest BCUT2D eigenvalue weighted by atomic mass is 16.4. The van der Waals surface area contributed by atoms with Gasteiger partial charge in [0.1, 0.15) is 11.7 Å². The minimum atomic E-state index is -0.895. The molecule has 0 aliphatic carbocycles. The quantitative estimate of drug-likeness (QED) is 0.0410. The highest BCUT2D eigenvalue weighted by Crippen LogP contribution is 2.22. The van der Waals surface area contributed by atoms with Gasteiger partial charge in [-0.15, -0.1) is 0 Å². The molecule has 13 nitrogen and oxygen atoms in total. The van der Waals surface area contributed by atoms with E-state index in [0.29, 0.717) is 6.54 Å². The number of aryl methyl sites for hydroxylation is 2. The van der Waals surface area contributed by atoms with Crippen molar-refractivity contribution in [3.63, 3.8) is 0 Å². The van der Waals surface area contributed by atoms with Crippen LogP contribution >= 0.6 is 0 Å². The molecule has 0 saturated carbocycles. The monoisotopic (exact) mass is 826 g/mol. The Morgan fingerprint density at radius 1 is 0.689 bits per heavy atom. The van der Waals surface area contributed by atoms with E-state index in [4.69, 9.17) is 21.7 Å². The van der Waals surface area contributed by atoms with Crippen LogP contribution in [-0.4, -0.2) is 53.6 Å². The summed E-state index contributed by atoms with van der Waals surface area (Å²) in [5, 5.41) is 38.6. The van der Waals surface area contributed by atoms with Crippen molar-refractivity contribution in [3.05, 3.63) is 144 Å². The molecule has 4 aromatic rings. The Hall–Kier alpha value is -7.02. The maximum atomic E-state index is 12.4. The molecule has 3 amide bonds. The lowest BCUT2D eigenvalue weighted by molar-refractivity contribution is -0.141. The Morgan fingerprint density at radius 3 is 1.54 bits per heavy atom. The normalized spacial score (nSPS) is 15.8.